The van der Waals surface area contributed by atoms with E-state index in [9.17, 15) is 18.0 Å². The number of ketones is 1. The molecule has 0 heterocycles. The Morgan fingerprint density at radius 1 is 0.808 bits per heavy atom. The maximum atomic E-state index is 12.6. The summed E-state index contributed by atoms with van der Waals surface area (Å²) in [6, 6.07) is 20.4. The average molecular weight is 353 g/mol. The van der Waals surface area contributed by atoms with Gasteiger partial charge in [0.1, 0.15) is 0 Å². The quantitative estimate of drug-likeness (QED) is 0.438. The van der Waals surface area contributed by atoms with Crippen LogP contribution in [0.25, 0.3) is 0 Å². The molecule has 0 atom stereocenters. The van der Waals surface area contributed by atoms with Gasteiger partial charge < -0.3 is 0 Å². The summed E-state index contributed by atoms with van der Waals surface area (Å²) in [5, 5.41) is 0. The van der Waals surface area contributed by atoms with Crippen molar-refractivity contribution in [2.45, 2.75) is 6.18 Å². The van der Waals surface area contributed by atoms with Gasteiger partial charge in [-0.3, -0.25) is 9.79 Å². The van der Waals surface area contributed by atoms with Crippen molar-refractivity contribution in [1.82, 2.24) is 0 Å². The first kappa shape index (κ1) is 17.6. The summed E-state index contributed by atoms with van der Waals surface area (Å²) in [6.07, 6.45) is -2.89. The van der Waals surface area contributed by atoms with E-state index in [4.69, 9.17) is 0 Å². The van der Waals surface area contributed by atoms with Crippen molar-refractivity contribution in [2.75, 3.05) is 0 Å². The maximum Gasteiger partial charge on any atom is 0.416 e. The highest BCUT2D eigenvalue weighted by Crippen LogP contribution is 2.29. The fraction of sp³-hybridized carbons (Fsp3) is 0.0476. The Morgan fingerprint density at radius 3 is 2.12 bits per heavy atom. The van der Waals surface area contributed by atoms with Gasteiger partial charge in [-0.2, -0.15) is 13.2 Å². The van der Waals surface area contributed by atoms with Crippen LogP contribution in [0.5, 0.6) is 0 Å². The molecule has 0 amide bonds. The van der Waals surface area contributed by atoms with Crippen molar-refractivity contribution in [2.24, 2.45) is 4.99 Å². The molecule has 5 heteroatoms. The molecule has 0 unspecified atom stereocenters. The van der Waals surface area contributed by atoms with Gasteiger partial charge in [0.25, 0.3) is 0 Å². The lowest BCUT2D eigenvalue weighted by Crippen LogP contribution is -2.04. The molecule has 0 bridgehead atoms. The van der Waals surface area contributed by atoms with E-state index < -0.39 is 11.7 Å². The Hall–Kier alpha value is -3.21. The van der Waals surface area contributed by atoms with Gasteiger partial charge in [0.05, 0.1) is 11.3 Å². The first-order valence-electron chi connectivity index (χ1n) is 7.84. The van der Waals surface area contributed by atoms with E-state index in [1.54, 1.807) is 48.5 Å². The first-order chi connectivity index (χ1) is 12.4. The molecule has 3 rings (SSSR count). The van der Waals surface area contributed by atoms with Crippen molar-refractivity contribution >= 4 is 17.7 Å². The summed E-state index contributed by atoms with van der Waals surface area (Å²) in [5.41, 5.74) is 1.46. The van der Waals surface area contributed by atoms with Gasteiger partial charge in [0.15, 0.2) is 5.78 Å². The standard InChI is InChI=1S/C21H14F3NO/c22-21(23,24)18-11-9-15(10-12-18)14-25-19-8-4-7-17(13-19)20(26)16-5-2-1-3-6-16/h1-14H. The lowest BCUT2D eigenvalue weighted by atomic mass is 10.0. The van der Waals surface area contributed by atoms with E-state index >= 15 is 0 Å². The number of benzene rings is 3. The highest BCUT2D eigenvalue weighted by atomic mass is 19.4. The van der Waals surface area contributed by atoms with E-state index in [0.717, 1.165) is 12.1 Å². The topological polar surface area (TPSA) is 29.4 Å². The van der Waals surface area contributed by atoms with Crippen LogP contribution in [0.1, 0.15) is 27.0 Å². The Balaban J connectivity index is 1.78. The summed E-state index contributed by atoms with van der Waals surface area (Å²) in [6.45, 7) is 0. The third-order valence-electron chi connectivity index (χ3n) is 3.75. The first-order valence-corrected chi connectivity index (χ1v) is 7.84. The third-order valence-corrected chi connectivity index (χ3v) is 3.75. The van der Waals surface area contributed by atoms with Crippen molar-refractivity contribution in [3.8, 4) is 0 Å². The zero-order chi connectivity index (χ0) is 18.6. The monoisotopic (exact) mass is 353 g/mol. The Labute approximate surface area is 148 Å². The zero-order valence-electron chi connectivity index (χ0n) is 13.6. The fourth-order valence-corrected chi connectivity index (χ4v) is 2.39. The van der Waals surface area contributed by atoms with Crippen molar-refractivity contribution in [1.29, 1.82) is 0 Å². The second-order valence-electron chi connectivity index (χ2n) is 5.62. The van der Waals surface area contributed by atoms with Crippen LogP contribution in [-0.4, -0.2) is 12.0 Å². The van der Waals surface area contributed by atoms with Crippen LogP contribution in [0.3, 0.4) is 0 Å². The molecule has 0 aliphatic heterocycles. The van der Waals surface area contributed by atoms with E-state index in [0.29, 0.717) is 22.4 Å². The molecular weight excluding hydrogens is 339 g/mol. The van der Waals surface area contributed by atoms with Crippen LogP contribution in [0.15, 0.2) is 83.9 Å². The van der Waals surface area contributed by atoms with Crippen LogP contribution in [0, 0.1) is 0 Å². The summed E-state index contributed by atoms with van der Waals surface area (Å²) in [5.74, 6) is -0.114. The molecule has 0 spiro atoms. The van der Waals surface area contributed by atoms with Gasteiger partial charge in [-0.15, -0.1) is 0 Å². The minimum Gasteiger partial charge on any atom is -0.289 e. The average Bonchev–Trinajstić information content (AvgIpc) is 2.66. The smallest absolute Gasteiger partial charge is 0.289 e. The molecule has 0 aliphatic rings. The number of hydrogen-bond acceptors (Lipinski definition) is 2. The molecule has 0 N–H and O–H groups in total. The highest BCUT2D eigenvalue weighted by Gasteiger charge is 2.29. The number of rotatable bonds is 4. The van der Waals surface area contributed by atoms with Crippen LogP contribution < -0.4 is 0 Å². The second kappa shape index (κ2) is 7.35. The minimum absolute atomic E-state index is 0.114. The number of aliphatic imine (C=N–C) groups is 1. The van der Waals surface area contributed by atoms with Crippen molar-refractivity contribution < 1.29 is 18.0 Å². The number of alkyl halides is 3. The van der Waals surface area contributed by atoms with Gasteiger partial charge >= 0.3 is 6.18 Å². The molecule has 26 heavy (non-hydrogen) atoms. The van der Waals surface area contributed by atoms with E-state index in [1.165, 1.54) is 18.3 Å². The van der Waals surface area contributed by atoms with E-state index in [2.05, 4.69) is 4.99 Å². The third kappa shape index (κ3) is 4.25. The predicted octanol–water partition coefficient (Wildman–Crippen LogP) is 5.69. The summed E-state index contributed by atoms with van der Waals surface area (Å²) >= 11 is 0. The Kier molecular flexibility index (Phi) is 4.98. The van der Waals surface area contributed by atoms with E-state index in [1.807, 2.05) is 6.07 Å². The van der Waals surface area contributed by atoms with Gasteiger partial charge in [-0.1, -0.05) is 54.6 Å². The number of hydrogen-bond donors (Lipinski definition) is 0. The summed E-state index contributed by atoms with van der Waals surface area (Å²) < 4.78 is 37.7. The van der Waals surface area contributed by atoms with Crippen LogP contribution in [-0.2, 0) is 6.18 Å². The lowest BCUT2D eigenvalue weighted by Gasteiger charge is -2.05. The summed E-state index contributed by atoms with van der Waals surface area (Å²) in [4.78, 5) is 16.7. The van der Waals surface area contributed by atoms with Gasteiger partial charge in [0, 0.05) is 17.3 Å². The van der Waals surface area contributed by atoms with Crippen LogP contribution in [0.2, 0.25) is 0 Å². The number of halogens is 3. The molecule has 0 aromatic heterocycles. The van der Waals surface area contributed by atoms with E-state index in [-0.39, 0.29) is 5.78 Å². The molecule has 2 nitrogen and oxygen atoms in total. The number of carbonyl (C=O) groups excluding carboxylic acids is 1. The lowest BCUT2D eigenvalue weighted by molar-refractivity contribution is -0.137. The zero-order valence-corrected chi connectivity index (χ0v) is 13.6. The molecule has 3 aromatic rings. The van der Waals surface area contributed by atoms with Crippen molar-refractivity contribution in [3.05, 3.63) is 101 Å². The number of nitrogens with zero attached hydrogens (tertiary/aromatic N) is 1. The van der Waals surface area contributed by atoms with Gasteiger partial charge in [-0.05, 0) is 29.8 Å². The molecule has 0 saturated heterocycles. The molecule has 0 saturated carbocycles. The molecule has 0 fully saturated rings. The predicted molar refractivity (Wildman–Crippen MR) is 95.0 cm³/mol. The molecule has 0 radical (unpaired) electrons. The maximum absolute atomic E-state index is 12.6. The number of carbonyl (C=O) groups is 1. The summed E-state index contributed by atoms with van der Waals surface area (Å²) in [7, 11) is 0. The van der Waals surface area contributed by atoms with Crippen LogP contribution in [0.4, 0.5) is 18.9 Å². The Morgan fingerprint density at radius 2 is 1.46 bits per heavy atom. The van der Waals surface area contributed by atoms with Crippen molar-refractivity contribution in [3.63, 3.8) is 0 Å². The molecule has 130 valence electrons. The minimum atomic E-state index is -4.36. The van der Waals surface area contributed by atoms with Gasteiger partial charge in [0.2, 0.25) is 0 Å². The molecular formula is C21H14F3NO. The second-order valence-corrected chi connectivity index (χ2v) is 5.62. The normalized spacial score (nSPS) is 11.7. The largest absolute Gasteiger partial charge is 0.416 e. The van der Waals surface area contributed by atoms with Gasteiger partial charge in [-0.25, -0.2) is 0 Å². The SMILES string of the molecule is O=C(c1ccccc1)c1cccc(N=Cc2ccc(C(F)(F)F)cc2)c1. The molecule has 0 aliphatic carbocycles. The van der Waals surface area contributed by atoms with Crippen LogP contribution >= 0.6 is 0 Å². The fourth-order valence-electron chi connectivity index (χ4n) is 2.39. The Bertz CT molecular complexity index is 929. The molecule has 3 aromatic carbocycles. The highest BCUT2D eigenvalue weighted by molar-refractivity contribution is 6.09.